The van der Waals surface area contributed by atoms with Crippen LogP contribution >= 0.6 is 0 Å². The van der Waals surface area contributed by atoms with E-state index >= 15 is 0 Å². The van der Waals surface area contributed by atoms with Crippen LogP contribution in [0.5, 0.6) is 0 Å². The number of rotatable bonds is 7. The van der Waals surface area contributed by atoms with Gasteiger partial charge in [-0.1, -0.05) is 13.8 Å². The van der Waals surface area contributed by atoms with E-state index < -0.39 is 15.8 Å². The molecule has 1 N–H and O–H groups in total. The minimum absolute atomic E-state index is 0.148. The van der Waals surface area contributed by atoms with Gasteiger partial charge in [-0.3, -0.25) is 4.98 Å². The van der Waals surface area contributed by atoms with Crippen LogP contribution in [0.2, 0.25) is 0 Å². The maximum absolute atomic E-state index is 13.1. The van der Waals surface area contributed by atoms with Gasteiger partial charge in [-0.15, -0.1) is 0 Å². The van der Waals surface area contributed by atoms with Crippen LogP contribution in [-0.2, 0) is 10.0 Å². The van der Waals surface area contributed by atoms with Gasteiger partial charge in [0, 0.05) is 18.8 Å². The Morgan fingerprint density at radius 3 is 2.50 bits per heavy atom. The third-order valence-corrected chi connectivity index (χ3v) is 4.14. The Bertz CT molecular complexity index is 522. The van der Waals surface area contributed by atoms with Crippen molar-refractivity contribution in [2.45, 2.75) is 31.2 Å². The molecule has 114 valence electrons. The Balaban J connectivity index is 2.90. The molecular weight excluding hydrogens is 281 g/mol. The van der Waals surface area contributed by atoms with Crippen molar-refractivity contribution in [1.82, 2.24) is 14.6 Å². The lowest BCUT2D eigenvalue weighted by Gasteiger charge is -2.23. The highest BCUT2D eigenvalue weighted by Crippen LogP contribution is 2.12. The first-order valence-electron chi connectivity index (χ1n) is 6.48. The highest BCUT2D eigenvalue weighted by molar-refractivity contribution is 7.89. The van der Waals surface area contributed by atoms with Crippen LogP contribution in [0.15, 0.2) is 23.4 Å². The molecule has 7 heteroatoms. The molecule has 0 saturated carbocycles. The lowest BCUT2D eigenvalue weighted by atomic mass is 10.0. The molecule has 1 heterocycles. The summed E-state index contributed by atoms with van der Waals surface area (Å²) in [6, 6.07) is 0.746. The highest BCUT2D eigenvalue weighted by Gasteiger charge is 2.22. The summed E-state index contributed by atoms with van der Waals surface area (Å²) < 4.78 is 40.2. The zero-order chi connectivity index (χ0) is 15.3. The predicted molar refractivity (Wildman–Crippen MR) is 76.3 cm³/mol. The normalized spacial score (nSPS) is 13.9. The Kier molecular flexibility index (Phi) is 6.04. The second kappa shape index (κ2) is 7.10. The molecular formula is C13H22FN3O2S. The van der Waals surface area contributed by atoms with E-state index in [1.54, 1.807) is 0 Å². The number of hydrogen-bond donors (Lipinski definition) is 1. The lowest BCUT2D eigenvalue weighted by Crippen LogP contribution is -2.42. The molecule has 5 nitrogen and oxygen atoms in total. The van der Waals surface area contributed by atoms with Gasteiger partial charge in [0.15, 0.2) is 0 Å². The molecule has 0 aromatic carbocycles. The molecule has 0 bridgehead atoms. The molecule has 0 aliphatic rings. The number of nitrogens with zero attached hydrogens (tertiary/aromatic N) is 2. The summed E-state index contributed by atoms with van der Waals surface area (Å²) in [5, 5.41) is 0. The second-order valence-electron chi connectivity index (χ2n) is 5.55. The summed E-state index contributed by atoms with van der Waals surface area (Å²) in [7, 11) is 0.00824. The van der Waals surface area contributed by atoms with Crippen molar-refractivity contribution in [3.8, 4) is 0 Å². The van der Waals surface area contributed by atoms with E-state index in [2.05, 4.69) is 9.71 Å². The summed E-state index contributed by atoms with van der Waals surface area (Å²) in [6.45, 7) is 4.64. The molecule has 0 spiro atoms. The van der Waals surface area contributed by atoms with E-state index in [9.17, 15) is 12.8 Å². The van der Waals surface area contributed by atoms with Gasteiger partial charge in [0.05, 0.1) is 6.20 Å². The molecule has 0 aliphatic heterocycles. The standard InChI is InChI=1S/C13H22FN3O2S/c1-10(2)5-12(9-17(3)4)16-20(18,19)13-6-11(14)7-15-8-13/h6-8,10,12,16H,5,9H2,1-4H3. The lowest BCUT2D eigenvalue weighted by molar-refractivity contribution is 0.329. The van der Waals surface area contributed by atoms with Gasteiger partial charge in [-0.25, -0.2) is 17.5 Å². The van der Waals surface area contributed by atoms with Crippen LogP contribution in [0.1, 0.15) is 20.3 Å². The molecule has 1 aromatic rings. The maximum atomic E-state index is 13.1. The SMILES string of the molecule is CC(C)CC(CN(C)C)NS(=O)(=O)c1cncc(F)c1. The molecule has 1 unspecified atom stereocenters. The number of pyridine rings is 1. The van der Waals surface area contributed by atoms with Crippen molar-refractivity contribution in [2.24, 2.45) is 5.92 Å². The summed E-state index contributed by atoms with van der Waals surface area (Å²) in [5.41, 5.74) is 0. The molecule has 20 heavy (non-hydrogen) atoms. The quantitative estimate of drug-likeness (QED) is 0.828. The Morgan fingerprint density at radius 2 is 2.00 bits per heavy atom. The first-order valence-corrected chi connectivity index (χ1v) is 7.96. The third-order valence-electron chi connectivity index (χ3n) is 2.65. The summed E-state index contributed by atoms with van der Waals surface area (Å²) >= 11 is 0. The average Bonchev–Trinajstić information content (AvgIpc) is 2.26. The Morgan fingerprint density at radius 1 is 1.35 bits per heavy atom. The minimum atomic E-state index is -3.75. The van der Waals surface area contributed by atoms with E-state index in [0.717, 1.165) is 18.5 Å². The van der Waals surface area contributed by atoms with Crippen LogP contribution in [0.25, 0.3) is 0 Å². The first-order chi connectivity index (χ1) is 9.20. The molecule has 1 atom stereocenters. The Hall–Kier alpha value is -1.05. The molecule has 0 fully saturated rings. The van der Waals surface area contributed by atoms with Gasteiger partial charge in [0.2, 0.25) is 10.0 Å². The fourth-order valence-electron chi connectivity index (χ4n) is 2.00. The average molecular weight is 303 g/mol. The monoisotopic (exact) mass is 303 g/mol. The minimum Gasteiger partial charge on any atom is -0.308 e. The number of likely N-dealkylation sites (N-methyl/N-ethyl adjacent to an activating group) is 1. The van der Waals surface area contributed by atoms with Crippen molar-refractivity contribution in [3.05, 3.63) is 24.3 Å². The fourth-order valence-corrected chi connectivity index (χ4v) is 3.21. The van der Waals surface area contributed by atoms with Gasteiger partial charge >= 0.3 is 0 Å². The van der Waals surface area contributed by atoms with Crippen LogP contribution in [0, 0.1) is 11.7 Å². The molecule has 0 radical (unpaired) electrons. The molecule has 0 amide bonds. The highest BCUT2D eigenvalue weighted by atomic mass is 32.2. The van der Waals surface area contributed by atoms with Crippen LogP contribution in [0.4, 0.5) is 4.39 Å². The molecule has 0 saturated heterocycles. The predicted octanol–water partition coefficient (Wildman–Crippen LogP) is 1.48. The number of halogens is 1. The van der Waals surface area contributed by atoms with Gasteiger partial charge in [0.25, 0.3) is 0 Å². The largest absolute Gasteiger partial charge is 0.308 e. The van der Waals surface area contributed by atoms with Gasteiger partial charge in [-0.05, 0) is 32.5 Å². The van der Waals surface area contributed by atoms with E-state index in [-0.39, 0.29) is 10.9 Å². The zero-order valence-electron chi connectivity index (χ0n) is 12.3. The number of aromatic nitrogens is 1. The van der Waals surface area contributed by atoms with Crippen molar-refractivity contribution < 1.29 is 12.8 Å². The van der Waals surface area contributed by atoms with Crippen molar-refractivity contribution in [3.63, 3.8) is 0 Å². The van der Waals surface area contributed by atoms with Crippen molar-refractivity contribution >= 4 is 10.0 Å². The first kappa shape index (κ1) is 17.0. The van der Waals surface area contributed by atoms with E-state index in [0.29, 0.717) is 18.9 Å². The third kappa shape index (κ3) is 5.52. The van der Waals surface area contributed by atoms with Crippen LogP contribution in [-0.4, -0.2) is 45.0 Å². The summed E-state index contributed by atoms with van der Waals surface area (Å²) in [5.74, 6) is -0.311. The van der Waals surface area contributed by atoms with Crippen molar-refractivity contribution in [2.75, 3.05) is 20.6 Å². The zero-order valence-corrected chi connectivity index (χ0v) is 13.1. The molecule has 0 aliphatic carbocycles. The number of sulfonamides is 1. The second-order valence-corrected chi connectivity index (χ2v) is 7.26. The topological polar surface area (TPSA) is 62.3 Å². The molecule has 1 rings (SSSR count). The van der Waals surface area contributed by atoms with Gasteiger partial charge < -0.3 is 4.90 Å². The van der Waals surface area contributed by atoms with Crippen molar-refractivity contribution in [1.29, 1.82) is 0 Å². The van der Waals surface area contributed by atoms with Gasteiger partial charge in [0.1, 0.15) is 10.7 Å². The van der Waals surface area contributed by atoms with E-state index in [1.807, 2.05) is 32.8 Å². The fraction of sp³-hybridized carbons (Fsp3) is 0.615. The van der Waals surface area contributed by atoms with Crippen LogP contribution in [0.3, 0.4) is 0 Å². The maximum Gasteiger partial charge on any atom is 0.242 e. The van der Waals surface area contributed by atoms with Gasteiger partial charge in [-0.2, -0.15) is 0 Å². The van der Waals surface area contributed by atoms with Crippen LogP contribution < -0.4 is 4.72 Å². The summed E-state index contributed by atoms with van der Waals surface area (Å²) in [4.78, 5) is 5.34. The summed E-state index contributed by atoms with van der Waals surface area (Å²) in [6.07, 6.45) is 2.83. The van der Waals surface area contributed by atoms with E-state index in [1.165, 1.54) is 0 Å². The smallest absolute Gasteiger partial charge is 0.242 e. The van der Waals surface area contributed by atoms with E-state index in [4.69, 9.17) is 0 Å². The Labute approximate surface area is 120 Å². The molecule has 1 aromatic heterocycles. The number of nitrogens with one attached hydrogen (secondary N) is 1. The number of hydrogen-bond acceptors (Lipinski definition) is 4.